The molecule has 0 aromatic heterocycles. The summed E-state index contributed by atoms with van der Waals surface area (Å²) in [5, 5.41) is 0.426. The van der Waals surface area contributed by atoms with Gasteiger partial charge in [-0.2, -0.15) is 0 Å². The summed E-state index contributed by atoms with van der Waals surface area (Å²) in [7, 11) is -1.25. The Bertz CT molecular complexity index is 191. The van der Waals surface area contributed by atoms with E-state index in [-0.39, 0.29) is 0 Å². The molecule has 1 unspecified atom stereocenters. The molecule has 2 atom stereocenters. The number of epoxide rings is 1. The zero-order chi connectivity index (χ0) is 9.57. The zero-order valence-electron chi connectivity index (χ0n) is 8.85. The molecule has 0 amide bonds. The van der Waals surface area contributed by atoms with E-state index in [1.54, 1.807) is 0 Å². The maximum Gasteiger partial charge on any atom is 0.0986 e. The molecule has 0 N–H and O–H groups in total. The van der Waals surface area contributed by atoms with E-state index in [4.69, 9.17) is 4.74 Å². The lowest BCUT2D eigenvalue weighted by molar-refractivity contribution is 0.417. The first-order chi connectivity index (χ1) is 5.30. The summed E-state index contributed by atoms with van der Waals surface area (Å²) in [5.74, 6) is 0. The molecule has 0 radical (unpaired) electrons. The molecule has 1 aliphatic rings. The molecule has 1 aliphatic heterocycles. The zero-order valence-corrected chi connectivity index (χ0v) is 9.85. The lowest BCUT2D eigenvalue weighted by Crippen LogP contribution is -2.44. The Kier molecular flexibility index (Phi) is 2.26. The van der Waals surface area contributed by atoms with Gasteiger partial charge in [0.2, 0.25) is 0 Å². The van der Waals surface area contributed by atoms with Crippen molar-refractivity contribution in [1.82, 2.24) is 0 Å². The van der Waals surface area contributed by atoms with E-state index < -0.39 is 8.07 Å². The van der Waals surface area contributed by atoms with Crippen LogP contribution in [0.25, 0.3) is 0 Å². The summed E-state index contributed by atoms with van der Waals surface area (Å²) in [6.45, 7) is 15.5. The van der Waals surface area contributed by atoms with Crippen molar-refractivity contribution in [3.05, 3.63) is 12.7 Å². The molecule has 1 fully saturated rings. The summed E-state index contributed by atoms with van der Waals surface area (Å²) in [5.41, 5.74) is 0.509. The van der Waals surface area contributed by atoms with Gasteiger partial charge >= 0.3 is 0 Å². The Labute approximate surface area is 76.8 Å². The molecule has 1 saturated heterocycles. The molecule has 12 heavy (non-hydrogen) atoms. The highest BCUT2D eigenvalue weighted by molar-refractivity contribution is 6.82. The Morgan fingerprint density at radius 1 is 1.33 bits per heavy atom. The van der Waals surface area contributed by atoms with Crippen molar-refractivity contribution >= 4 is 8.07 Å². The van der Waals surface area contributed by atoms with Crippen molar-refractivity contribution in [1.29, 1.82) is 0 Å². The Hall–Kier alpha value is -0.0831. The summed E-state index contributed by atoms with van der Waals surface area (Å²) < 4.78 is 5.60. The van der Waals surface area contributed by atoms with E-state index in [9.17, 15) is 0 Å². The summed E-state index contributed by atoms with van der Waals surface area (Å²) >= 11 is 0. The van der Waals surface area contributed by atoms with Gasteiger partial charge in [-0.25, -0.2) is 0 Å². The third kappa shape index (κ3) is 1.50. The van der Waals surface area contributed by atoms with Gasteiger partial charge in [0.1, 0.15) is 0 Å². The summed E-state index contributed by atoms with van der Waals surface area (Å²) in [6.07, 6.45) is 2.29. The van der Waals surface area contributed by atoms with Crippen molar-refractivity contribution in [2.45, 2.75) is 50.7 Å². The lowest BCUT2D eigenvalue weighted by atomic mass is 10.2. The Morgan fingerprint density at radius 2 is 1.83 bits per heavy atom. The van der Waals surface area contributed by atoms with Crippen LogP contribution in [0.2, 0.25) is 18.1 Å². The standard InChI is InChI=1S/C10H20OSi/c1-7-8-9(11-8)12(5,6)10(2,3)4/h7-9H,1H2,2-6H3/t8-,9?/m1/s1. The predicted octanol–water partition coefficient (Wildman–Crippen LogP) is 2.99. The van der Waals surface area contributed by atoms with Crippen LogP contribution in [-0.2, 0) is 4.74 Å². The second-order valence-corrected chi connectivity index (χ2v) is 10.7. The van der Waals surface area contributed by atoms with Crippen molar-refractivity contribution in [3.8, 4) is 0 Å². The molecule has 0 aromatic carbocycles. The summed E-state index contributed by atoms with van der Waals surface area (Å²) in [6, 6.07) is 0. The van der Waals surface area contributed by atoms with Gasteiger partial charge in [-0.05, 0) is 5.04 Å². The van der Waals surface area contributed by atoms with Crippen LogP contribution < -0.4 is 0 Å². The van der Waals surface area contributed by atoms with Crippen molar-refractivity contribution in [2.75, 3.05) is 0 Å². The van der Waals surface area contributed by atoms with E-state index in [1.807, 2.05) is 6.08 Å². The Morgan fingerprint density at radius 3 is 2.08 bits per heavy atom. The van der Waals surface area contributed by atoms with Gasteiger partial charge in [0.05, 0.1) is 19.9 Å². The van der Waals surface area contributed by atoms with Gasteiger partial charge < -0.3 is 4.74 Å². The highest BCUT2D eigenvalue weighted by Crippen LogP contribution is 2.46. The van der Waals surface area contributed by atoms with Gasteiger partial charge in [-0.15, -0.1) is 6.58 Å². The second kappa shape index (κ2) is 2.71. The molecule has 0 spiro atoms. The number of rotatable bonds is 2. The molecular weight excluding hydrogens is 164 g/mol. The molecule has 0 saturated carbocycles. The monoisotopic (exact) mass is 184 g/mol. The lowest BCUT2D eigenvalue weighted by Gasteiger charge is -2.35. The molecular formula is C10H20OSi. The van der Waals surface area contributed by atoms with E-state index in [1.165, 1.54) is 0 Å². The van der Waals surface area contributed by atoms with Crippen LogP contribution in [0.5, 0.6) is 0 Å². The highest BCUT2D eigenvalue weighted by atomic mass is 28.3. The highest BCUT2D eigenvalue weighted by Gasteiger charge is 2.54. The topological polar surface area (TPSA) is 12.5 Å². The quantitative estimate of drug-likeness (QED) is 0.365. The molecule has 0 aromatic rings. The summed E-state index contributed by atoms with van der Waals surface area (Å²) in [4.78, 5) is 0. The van der Waals surface area contributed by atoms with Crippen LogP contribution in [0.15, 0.2) is 12.7 Å². The van der Waals surface area contributed by atoms with E-state index >= 15 is 0 Å². The first-order valence-electron chi connectivity index (χ1n) is 4.58. The average Bonchev–Trinajstić information content (AvgIpc) is 2.62. The van der Waals surface area contributed by atoms with Crippen LogP contribution in [0.3, 0.4) is 0 Å². The minimum Gasteiger partial charge on any atom is -0.369 e. The fourth-order valence-electron chi connectivity index (χ4n) is 1.31. The van der Waals surface area contributed by atoms with Crippen molar-refractivity contribution < 1.29 is 4.74 Å². The van der Waals surface area contributed by atoms with Gasteiger partial charge in [0, 0.05) is 0 Å². The number of hydrogen-bond donors (Lipinski definition) is 0. The van der Waals surface area contributed by atoms with Crippen LogP contribution in [0.4, 0.5) is 0 Å². The molecule has 1 rings (SSSR count). The van der Waals surface area contributed by atoms with Crippen LogP contribution >= 0.6 is 0 Å². The first kappa shape index (κ1) is 10.0. The van der Waals surface area contributed by atoms with Crippen molar-refractivity contribution in [2.24, 2.45) is 0 Å². The molecule has 2 heteroatoms. The van der Waals surface area contributed by atoms with Gasteiger partial charge in [0.15, 0.2) is 0 Å². The smallest absolute Gasteiger partial charge is 0.0986 e. The maximum atomic E-state index is 5.60. The van der Waals surface area contributed by atoms with E-state index in [2.05, 4.69) is 40.4 Å². The van der Waals surface area contributed by atoms with Crippen LogP contribution in [0.1, 0.15) is 20.8 Å². The minimum atomic E-state index is -1.25. The largest absolute Gasteiger partial charge is 0.369 e. The van der Waals surface area contributed by atoms with E-state index in [0.717, 1.165) is 0 Å². The SMILES string of the molecule is C=C[C@H]1OC1[Si](C)(C)C(C)(C)C. The van der Waals surface area contributed by atoms with Crippen molar-refractivity contribution in [3.63, 3.8) is 0 Å². The minimum absolute atomic E-state index is 0.353. The third-order valence-electron chi connectivity index (χ3n) is 3.40. The van der Waals surface area contributed by atoms with Gasteiger partial charge in [0.25, 0.3) is 0 Å². The Balaban J connectivity index is 2.68. The first-order valence-corrected chi connectivity index (χ1v) is 7.66. The fourth-order valence-corrected chi connectivity index (χ4v) is 3.62. The maximum absolute atomic E-state index is 5.60. The van der Waals surface area contributed by atoms with Gasteiger partial charge in [-0.1, -0.05) is 39.9 Å². The molecule has 0 aliphatic carbocycles. The number of ether oxygens (including phenoxy) is 1. The fraction of sp³-hybridized carbons (Fsp3) is 0.800. The normalized spacial score (nSPS) is 30.1. The second-order valence-electron chi connectivity index (χ2n) is 5.23. The predicted molar refractivity (Wildman–Crippen MR) is 56.1 cm³/mol. The average molecular weight is 184 g/mol. The van der Waals surface area contributed by atoms with Gasteiger partial charge in [-0.3, -0.25) is 0 Å². The number of hydrogen-bond acceptors (Lipinski definition) is 1. The van der Waals surface area contributed by atoms with Crippen LogP contribution in [0, 0.1) is 0 Å². The molecule has 0 bridgehead atoms. The third-order valence-corrected chi connectivity index (χ3v) is 9.16. The van der Waals surface area contributed by atoms with Crippen LogP contribution in [-0.4, -0.2) is 19.9 Å². The molecule has 1 heterocycles. The van der Waals surface area contributed by atoms with E-state index in [0.29, 0.717) is 16.9 Å². The molecule has 1 nitrogen and oxygen atoms in total. The molecule has 70 valence electrons.